The number of anilines is 1. The lowest BCUT2D eigenvalue weighted by Crippen LogP contribution is -2.13. The third-order valence-corrected chi connectivity index (χ3v) is 2.43. The van der Waals surface area contributed by atoms with Crippen molar-refractivity contribution in [3.05, 3.63) is 23.0 Å². The maximum Gasteiger partial charge on any atom is 0.340 e. The number of ether oxygens (including phenoxy) is 3. The van der Waals surface area contributed by atoms with Crippen molar-refractivity contribution in [3.63, 3.8) is 0 Å². The van der Waals surface area contributed by atoms with Crippen molar-refractivity contribution < 1.29 is 19.0 Å². The number of nitrogens with zero attached hydrogens (tertiary/aromatic N) is 1. The number of hydrogen-bond acceptors (Lipinski definition) is 6. The van der Waals surface area contributed by atoms with Gasteiger partial charge in [-0.25, -0.2) is 9.78 Å². The number of carbonyl (C=O) groups excluding carboxylic acids is 1. The quantitative estimate of drug-likeness (QED) is 0.444. The average molecular weight is 289 g/mol. The van der Waals surface area contributed by atoms with E-state index < -0.39 is 5.97 Å². The Morgan fingerprint density at radius 1 is 1.37 bits per heavy atom. The number of esters is 1. The summed E-state index contributed by atoms with van der Waals surface area (Å²) < 4.78 is 15.1. The minimum Gasteiger partial charge on any atom is -0.460 e. The van der Waals surface area contributed by atoms with E-state index in [1.165, 1.54) is 12.3 Å². The summed E-state index contributed by atoms with van der Waals surface area (Å²) in [5, 5.41) is 0.192. The van der Waals surface area contributed by atoms with Crippen molar-refractivity contribution in [2.24, 2.45) is 0 Å². The summed E-state index contributed by atoms with van der Waals surface area (Å²) in [6, 6.07) is 1.37. The Balaban J connectivity index is 2.26. The Labute approximate surface area is 116 Å². The molecule has 0 radical (unpaired) electrons. The molecule has 0 aromatic carbocycles. The van der Waals surface area contributed by atoms with E-state index >= 15 is 0 Å². The monoisotopic (exact) mass is 288 g/mol. The van der Waals surface area contributed by atoms with Gasteiger partial charge in [0.25, 0.3) is 0 Å². The Bertz CT molecular complexity index is 415. The molecular formula is C12H17ClN2O4. The molecule has 1 aromatic heterocycles. The van der Waals surface area contributed by atoms with Crippen LogP contribution in [0.3, 0.4) is 0 Å². The molecule has 19 heavy (non-hydrogen) atoms. The van der Waals surface area contributed by atoms with Gasteiger partial charge in [-0.2, -0.15) is 0 Å². The molecule has 6 nitrogen and oxygen atoms in total. The molecule has 0 aliphatic carbocycles. The average Bonchev–Trinajstić information content (AvgIpc) is 2.40. The molecule has 0 spiro atoms. The fourth-order valence-electron chi connectivity index (χ4n) is 1.30. The highest BCUT2D eigenvalue weighted by Crippen LogP contribution is 2.15. The first-order valence-corrected chi connectivity index (χ1v) is 6.17. The van der Waals surface area contributed by atoms with E-state index in [0.29, 0.717) is 19.8 Å². The van der Waals surface area contributed by atoms with Gasteiger partial charge in [-0.3, -0.25) is 0 Å². The van der Waals surface area contributed by atoms with E-state index in [1.807, 2.05) is 0 Å². The fraction of sp³-hybridized carbons (Fsp3) is 0.500. The number of pyridine rings is 1. The summed E-state index contributed by atoms with van der Waals surface area (Å²) >= 11 is 5.68. The molecule has 0 aliphatic heterocycles. The van der Waals surface area contributed by atoms with Crippen LogP contribution in [0.4, 0.5) is 5.69 Å². The van der Waals surface area contributed by atoms with E-state index in [-0.39, 0.29) is 23.0 Å². The van der Waals surface area contributed by atoms with Crippen LogP contribution in [0.5, 0.6) is 0 Å². The Morgan fingerprint density at radius 2 is 2.16 bits per heavy atom. The van der Waals surface area contributed by atoms with Crippen LogP contribution < -0.4 is 5.73 Å². The number of halogens is 1. The van der Waals surface area contributed by atoms with Crippen LogP contribution in [0.1, 0.15) is 16.8 Å². The lowest BCUT2D eigenvalue weighted by atomic mass is 10.2. The second kappa shape index (κ2) is 8.68. The summed E-state index contributed by atoms with van der Waals surface area (Å²) in [6.07, 6.45) is 2.12. The molecule has 0 amide bonds. The molecule has 0 aliphatic rings. The van der Waals surface area contributed by atoms with Crippen LogP contribution in [0.15, 0.2) is 12.3 Å². The van der Waals surface area contributed by atoms with Gasteiger partial charge in [-0.15, -0.1) is 0 Å². The van der Waals surface area contributed by atoms with Gasteiger partial charge in [0.15, 0.2) is 0 Å². The molecule has 0 fully saturated rings. The highest BCUT2D eigenvalue weighted by Gasteiger charge is 2.12. The van der Waals surface area contributed by atoms with Gasteiger partial charge in [0.05, 0.1) is 24.1 Å². The van der Waals surface area contributed by atoms with E-state index in [1.54, 1.807) is 7.11 Å². The summed E-state index contributed by atoms with van der Waals surface area (Å²) in [4.78, 5) is 15.4. The molecule has 106 valence electrons. The second-order valence-corrected chi connectivity index (χ2v) is 4.08. The zero-order valence-electron chi connectivity index (χ0n) is 10.7. The van der Waals surface area contributed by atoms with Crippen LogP contribution in [0.2, 0.25) is 5.15 Å². The molecule has 0 saturated carbocycles. The van der Waals surface area contributed by atoms with Crippen molar-refractivity contribution >= 4 is 23.3 Å². The van der Waals surface area contributed by atoms with Crippen molar-refractivity contribution in [2.75, 3.05) is 39.3 Å². The molecule has 7 heteroatoms. The van der Waals surface area contributed by atoms with Crippen LogP contribution in [-0.4, -0.2) is 44.5 Å². The first kappa shape index (κ1) is 15.7. The number of carbonyl (C=O) groups is 1. The van der Waals surface area contributed by atoms with E-state index in [2.05, 4.69) is 4.98 Å². The lowest BCUT2D eigenvalue weighted by Gasteiger charge is -2.07. The van der Waals surface area contributed by atoms with Crippen LogP contribution >= 0.6 is 11.6 Å². The van der Waals surface area contributed by atoms with Gasteiger partial charge in [0.2, 0.25) is 0 Å². The van der Waals surface area contributed by atoms with Gasteiger partial charge >= 0.3 is 5.97 Å². The van der Waals surface area contributed by atoms with E-state index in [0.717, 1.165) is 6.42 Å². The third kappa shape index (κ3) is 5.87. The minimum absolute atomic E-state index is 0.158. The van der Waals surface area contributed by atoms with Crippen LogP contribution in [-0.2, 0) is 14.2 Å². The van der Waals surface area contributed by atoms with Crippen molar-refractivity contribution in [3.8, 4) is 0 Å². The number of hydrogen-bond donors (Lipinski definition) is 1. The predicted molar refractivity (Wildman–Crippen MR) is 71.3 cm³/mol. The Morgan fingerprint density at radius 3 is 2.89 bits per heavy atom. The summed E-state index contributed by atoms with van der Waals surface area (Å²) in [7, 11) is 1.63. The highest BCUT2D eigenvalue weighted by molar-refractivity contribution is 6.29. The Hall–Kier alpha value is -1.37. The van der Waals surface area contributed by atoms with Gasteiger partial charge in [0.1, 0.15) is 11.8 Å². The number of nitrogens with two attached hydrogens (primary N) is 1. The fourth-order valence-corrected chi connectivity index (χ4v) is 1.45. The van der Waals surface area contributed by atoms with Gasteiger partial charge < -0.3 is 19.9 Å². The first-order chi connectivity index (χ1) is 9.15. The highest BCUT2D eigenvalue weighted by atomic mass is 35.5. The first-order valence-electron chi connectivity index (χ1n) is 5.80. The predicted octanol–water partition coefficient (Wildman–Crippen LogP) is 1.53. The zero-order valence-corrected chi connectivity index (χ0v) is 11.5. The summed E-state index contributed by atoms with van der Waals surface area (Å²) in [5.41, 5.74) is 6.05. The molecule has 1 aromatic rings. The maximum absolute atomic E-state index is 11.7. The SMILES string of the molecule is COCCCOCCOC(=O)c1cc(Cl)ncc1N. The van der Waals surface area contributed by atoms with Gasteiger partial charge in [0, 0.05) is 20.3 Å². The van der Waals surface area contributed by atoms with Crippen LogP contribution in [0, 0.1) is 0 Å². The molecule has 0 unspecified atom stereocenters. The zero-order chi connectivity index (χ0) is 14.1. The molecular weight excluding hydrogens is 272 g/mol. The second-order valence-electron chi connectivity index (χ2n) is 3.69. The van der Waals surface area contributed by atoms with Crippen LogP contribution in [0.25, 0.3) is 0 Å². The summed E-state index contributed by atoms with van der Waals surface area (Å²) in [5.74, 6) is -0.540. The number of nitrogen functional groups attached to an aromatic ring is 1. The largest absolute Gasteiger partial charge is 0.460 e. The van der Waals surface area contributed by atoms with E-state index in [4.69, 9.17) is 31.5 Å². The topological polar surface area (TPSA) is 83.7 Å². The summed E-state index contributed by atoms with van der Waals surface area (Å²) in [6.45, 7) is 1.69. The maximum atomic E-state index is 11.7. The lowest BCUT2D eigenvalue weighted by molar-refractivity contribution is 0.0289. The van der Waals surface area contributed by atoms with Crippen molar-refractivity contribution in [2.45, 2.75) is 6.42 Å². The molecule has 0 atom stereocenters. The molecule has 0 saturated heterocycles. The van der Waals surface area contributed by atoms with E-state index in [9.17, 15) is 4.79 Å². The van der Waals surface area contributed by atoms with Crippen molar-refractivity contribution in [1.82, 2.24) is 4.98 Å². The van der Waals surface area contributed by atoms with Gasteiger partial charge in [-0.1, -0.05) is 11.6 Å². The Kier molecular flexibility index (Phi) is 7.17. The number of rotatable bonds is 8. The third-order valence-electron chi connectivity index (χ3n) is 2.22. The molecule has 1 heterocycles. The number of methoxy groups -OCH3 is 1. The standard InChI is InChI=1S/C12H17ClN2O4/c1-17-3-2-4-18-5-6-19-12(16)9-7-11(13)15-8-10(9)14/h7-8H,2-6,14H2,1H3. The normalized spacial score (nSPS) is 10.4. The number of aromatic nitrogens is 1. The minimum atomic E-state index is -0.540. The molecule has 1 rings (SSSR count). The molecule has 2 N–H and O–H groups in total. The molecule has 0 bridgehead atoms. The van der Waals surface area contributed by atoms with Crippen molar-refractivity contribution in [1.29, 1.82) is 0 Å². The smallest absolute Gasteiger partial charge is 0.340 e. The van der Waals surface area contributed by atoms with Gasteiger partial charge in [-0.05, 0) is 12.5 Å².